The average Bonchev–Trinajstić information content (AvgIpc) is 2.39. The van der Waals surface area contributed by atoms with Crippen molar-refractivity contribution in [2.24, 2.45) is 0 Å². The van der Waals surface area contributed by atoms with Crippen molar-refractivity contribution in [1.29, 1.82) is 0 Å². The van der Waals surface area contributed by atoms with Gasteiger partial charge < -0.3 is 10.2 Å². The van der Waals surface area contributed by atoms with E-state index in [2.05, 4.69) is 13.2 Å². The van der Waals surface area contributed by atoms with Gasteiger partial charge in [0.05, 0.1) is 5.57 Å². The maximum Gasteiger partial charge on any atom is 0.192 e. The van der Waals surface area contributed by atoms with Gasteiger partial charge in [-0.1, -0.05) is 25.3 Å². The Balaban J connectivity index is 5.30. The Labute approximate surface area is 107 Å². The first kappa shape index (κ1) is 15.7. The summed E-state index contributed by atoms with van der Waals surface area (Å²) in [5, 5.41) is 18.8. The SMILES string of the molecule is C=C/C=C(C(=O)/C(C)=C/C=C(/O)C=C)\C(O)=C/C. The molecule has 0 aliphatic rings. The van der Waals surface area contributed by atoms with Crippen molar-refractivity contribution in [1.82, 2.24) is 0 Å². The number of allylic oxidation sites excluding steroid dienone is 8. The summed E-state index contributed by atoms with van der Waals surface area (Å²) in [4.78, 5) is 12.0. The quantitative estimate of drug-likeness (QED) is 0.427. The molecule has 0 radical (unpaired) electrons. The van der Waals surface area contributed by atoms with Crippen molar-refractivity contribution < 1.29 is 15.0 Å². The van der Waals surface area contributed by atoms with Crippen LogP contribution in [0.5, 0.6) is 0 Å². The van der Waals surface area contributed by atoms with Crippen LogP contribution in [-0.2, 0) is 4.79 Å². The lowest BCUT2D eigenvalue weighted by Crippen LogP contribution is -2.06. The Hall–Kier alpha value is -2.29. The summed E-state index contributed by atoms with van der Waals surface area (Å²) in [6, 6.07) is 0. The van der Waals surface area contributed by atoms with E-state index in [0.717, 1.165) is 0 Å². The molecule has 0 spiro atoms. The minimum absolute atomic E-state index is 0.0355. The van der Waals surface area contributed by atoms with Crippen LogP contribution in [0.25, 0.3) is 0 Å². The summed E-state index contributed by atoms with van der Waals surface area (Å²) >= 11 is 0. The molecule has 3 heteroatoms. The van der Waals surface area contributed by atoms with Crippen LogP contribution in [0.2, 0.25) is 0 Å². The number of hydrogen-bond donors (Lipinski definition) is 2. The Bertz CT molecular complexity index is 460. The average molecular weight is 246 g/mol. The molecule has 96 valence electrons. The van der Waals surface area contributed by atoms with Crippen molar-refractivity contribution >= 4 is 5.78 Å². The maximum absolute atomic E-state index is 12.0. The van der Waals surface area contributed by atoms with Crippen LogP contribution in [-0.4, -0.2) is 16.0 Å². The Morgan fingerprint density at radius 1 is 1.11 bits per heavy atom. The third-order valence-corrected chi connectivity index (χ3v) is 2.15. The monoisotopic (exact) mass is 246 g/mol. The summed E-state index contributed by atoms with van der Waals surface area (Å²) < 4.78 is 0. The number of carbonyl (C=O) groups excluding carboxylic acids is 1. The zero-order chi connectivity index (χ0) is 14.1. The molecule has 0 unspecified atom stereocenters. The number of carbonyl (C=O) groups is 1. The molecular formula is C15H18O3. The van der Waals surface area contributed by atoms with Crippen molar-refractivity contribution in [3.05, 3.63) is 72.3 Å². The minimum Gasteiger partial charge on any atom is -0.508 e. The molecule has 0 saturated carbocycles. The summed E-state index contributed by atoms with van der Waals surface area (Å²) in [6.45, 7) is 10.1. The van der Waals surface area contributed by atoms with Crippen molar-refractivity contribution in [2.75, 3.05) is 0 Å². The molecule has 0 fully saturated rings. The molecule has 0 aromatic rings. The van der Waals surface area contributed by atoms with E-state index in [1.54, 1.807) is 13.8 Å². The second-order valence-electron chi connectivity index (χ2n) is 3.46. The third-order valence-electron chi connectivity index (χ3n) is 2.15. The first-order chi connectivity index (χ1) is 8.47. The van der Waals surface area contributed by atoms with E-state index in [4.69, 9.17) is 0 Å². The molecule has 0 heterocycles. The summed E-state index contributed by atoms with van der Waals surface area (Å²) in [7, 11) is 0. The number of aliphatic hydroxyl groups excluding tert-OH is 2. The number of Topliss-reactive ketones (excluding diaryl/α,β-unsaturated/α-hetero) is 1. The standard InChI is InChI=1S/C15H18O3/c1-5-8-13(14(17)7-3)15(18)11(4)9-10-12(16)6-2/h5-10,16-17H,1-2H2,3-4H3/b11-9+,12-10+,13-8+,14-7+. The normalized spacial score (nSPS) is 14.3. The predicted octanol–water partition coefficient (Wildman–Crippen LogP) is 3.70. The molecule has 0 aromatic heterocycles. The van der Waals surface area contributed by atoms with E-state index < -0.39 is 0 Å². The zero-order valence-electron chi connectivity index (χ0n) is 10.7. The van der Waals surface area contributed by atoms with E-state index in [1.807, 2.05) is 0 Å². The lowest BCUT2D eigenvalue weighted by atomic mass is 10.0. The van der Waals surface area contributed by atoms with E-state index in [-0.39, 0.29) is 22.9 Å². The molecule has 0 aliphatic heterocycles. The fourth-order valence-electron chi connectivity index (χ4n) is 1.12. The van der Waals surface area contributed by atoms with Crippen molar-refractivity contribution in [3.8, 4) is 0 Å². The lowest BCUT2D eigenvalue weighted by molar-refractivity contribution is -0.112. The van der Waals surface area contributed by atoms with Gasteiger partial charge in [-0.2, -0.15) is 0 Å². The first-order valence-corrected chi connectivity index (χ1v) is 5.41. The molecule has 0 bridgehead atoms. The van der Waals surface area contributed by atoms with Crippen LogP contribution in [0.15, 0.2) is 72.3 Å². The van der Waals surface area contributed by atoms with Crippen molar-refractivity contribution in [3.63, 3.8) is 0 Å². The third kappa shape index (κ3) is 4.70. The summed E-state index contributed by atoms with van der Waals surface area (Å²) in [5.74, 6) is -0.477. The maximum atomic E-state index is 12.0. The molecule has 2 N–H and O–H groups in total. The van der Waals surface area contributed by atoms with Gasteiger partial charge in [-0.05, 0) is 43.7 Å². The largest absolute Gasteiger partial charge is 0.508 e. The minimum atomic E-state index is -0.335. The Kier molecular flexibility index (Phi) is 6.89. The highest BCUT2D eigenvalue weighted by Crippen LogP contribution is 2.14. The highest BCUT2D eigenvalue weighted by molar-refractivity contribution is 6.10. The van der Waals surface area contributed by atoms with Gasteiger partial charge in [0.2, 0.25) is 0 Å². The highest BCUT2D eigenvalue weighted by atomic mass is 16.3. The van der Waals surface area contributed by atoms with Crippen molar-refractivity contribution in [2.45, 2.75) is 13.8 Å². The number of ketones is 1. The fourth-order valence-corrected chi connectivity index (χ4v) is 1.12. The Morgan fingerprint density at radius 3 is 2.17 bits per heavy atom. The van der Waals surface area contributed by atoms with Gasteiger partial charge >= 0.3 is 0 Å². The molecular weight excluding hydrogens is 228 g/mol. The van der Waals surface area contributed by atoms with Gasteiger partial charge in [-0.3, -0.25) is 4.79 Å². The first-order valence-electron chi connectivity index (χ1n) is 5.41. The number of aliphatic hydroxyl groups is 2. The van der Waals surface area contributed by atoms with Gasteiger partial charge in [0.1, 0.15) is 11.5 Å². The van der Waals surface area contributed by atoms with E-state index in [0.29, 0.717) is 5.57 Å². The molecule has 3 nitrogen and oxygen atoms in total. The van der Waals surface area contributed by atoms with Gasteiger partial charge in [0.15, 0.2) is 5.78 Å². The molecule has 18 heavy (non-hydrogen) atoms. The molecule has 0 saturated heterocycles. The molecule has 0 atom stereocenters. The number of hydrogen-bond acceptors (Lipinski definition) is 3. The second-order valence-corrected chi connectivity index (χ2v) is 3.46. The predicted molar refractivity (Wildman–Crippen MR) is 74.3 cm³/mol. The van der Waals surface area contributed by atoms with Crippen LogP contribution in [0.1, 0.15) is 13.8 Å². The summed E-state index contributed by atoms with van der Waals surface area (Å²) in [6.07, 6.45) is 8.37. The molecule has 0 aromatic carbocycles. The van der Waals surface area contributed by atoms with Crippen LogP contribution < -0.4 is 0 Å². The van der Waals surface area contributed by atoms with Gasteiger partial charge in [-0.25, -0.2) is 0 Å². The molecule has 0 rings (SSSR count). The van der Waals surface area contributed by atoms with Crippen LogP contribution >= 0.6 is 0 Å². The molecule has 0 amide bonds. The van der Waals surface area contributed by atoms with E-state index in [1.165, 1.54) is 36.5 Å². The topological polar surface area (TPSA) is 57.5 Å². The lowest BCUT2D eigenvalue weighted by Gasteiger charge is -2.04. The molecule has 0 aliphatic carbocycles. The fraction of sp³-hybridized carbons (Fsp3) is 0.133. The number of rotatable bonds is 6. The highest BCUT2D eigenvalue weighted by Gasteiger charge is 2.13. The van der Waals surface area contributed by atoms with Crippen LogP contribution in [0, 0.1) is 0 Å². The second kappa shape index (κ2) is 7.90. The van der Waals surface area contributed by atoms with Gasteiger partial charge in [-0.15, -0.1) is 0 Å². The van der Waals surface area contributed by atoms with E-state index in [9.17, 15) is 15.0 Å². The smallest absolute Gasteiger partial charge is 0.192 e. The zero-order valence-corrected chi connectivity index (χ0v) is 10.7. The van der Waals surface area contributed by atoms with Crippen LogP contribution in [0.4, 0.5) is 0 Å². The van der Waals surface area contributed by atoms with E-state index >= 15 is 0 Å². The summed E-state index contributed by atoms with van der Waals surface area (Å²) in [5.41, 5.74) is 0.539. The van der Waals surface area contributed by atoms with Gasteiger partial charge in [0.25, 0.3) is 0 Å². The Morgan fingerprint density at radius 2 is 1.72 bits per heavy atom. The van der Waals surface area contributed by atoms with Crippen LogP contribution in [0.3, 0.4) is 0 Å². The van der Waals surface area contributed by atoms with Gasteiger partial charge in [0, 0.05) is 0 Å².